The van der Waals surface area contributed by atoms with Crippen LogP contribution in [0.3, 0.4) is 0 Å². The molecule has 2 aliphatic rings. The first kappa shape index (κ1) is 29.1. The predicted octanol–water partition coefficient (Wildman–Crippen LogP) is 4.28. The molecule has 0 unspecified atom stereocenters. The summed E-state index contributed by atoms with van der Waals surface area (Å²) in [6.45, 7) is 2.21. The van der Waals surface area contributed by atoms with Gasteiger partial charge in [0.1, 0.15) is 12.2 Å². The molecule has 0 aromatic heterocycles. The summed E-state index contributed by atoms with van der Waals surface area (Å²) in [5.41, 5.74) is 1.21. The Balaban J connectivity index is 1.48. The van der Waals surface area contributed by atoms with Crippen molar-refractivity contribution >= 4 is 17.8 Å². The number of carbonyl (C=O) groups excluding carboxylic acids is 3. The van der Waals surface area contributed by atoms with Gasteiger partial charge in [0.2, 0.25) is 11.8 Å². The molecular weight excluding hydrogens is 547 g/mol. The van der Waals surface area contributed by atoms with E-state index < -0.39 is 30.0 Å². The molecule has 0 saturated carbocycles. The molecule has 1 N–H and O–H groups in total. The number of alkyl halides is 3. The normalized spacial score (nSPS) is 19.6. The van der Waals surface area contributed by atoms with Gasteiger partial charge in [-0.05, 0) is 28.8 Å². The Bertz CT molecular complexity index is 1420. The maximum absolute atomic E-state index is 13.9. The van der Waals surface area contributed by atoms with Crippen molar-refractivity contribution in [2.45, 2.75) is 44.8 Å². The molecule has 2 fully saturated rings. The maximum Gasteiger partial charge on any atom is 0.416 e. The summed E-state index contributed by atoms with van der Waals surface area (Å²) in [4.78, 5) is 44.1. The van der Waals surface area contributed by atoms with Crippen LogP contribution in [0.15, 0.2) is 84.9 Å². The number of amides is 4. The van der Waals surface area contributed by atoms with Crippen LogP contribution in [0.5, 0.6) is 0 Å². The molecule has 2 saturated heterocycles. The van der Waals surface area contributed by atoms with Crippen molar-refractivity contribution in [2.75, 3.05) is 19.6 Å². The molecule has 0 spiro atoms. The third-order valence-corrected chi connectivity index (χ3v) is 7.59. The van der Waals surface area contributed by atoms with Crippen molar-refractivity contribution in [3.05, 3.63) is 107 Å². The number of piperazine rings is 1. The molecule has 0 aliphatic carbocycles. The molecule has 5 rings (SSSR count). The molecule has 42 heavy (non-hydrogen) atoms. The number of urea groups is 1. The van der Waals surface area contributed by atoms with Crippen molar-refractivity contribution in [1.82, 2.24) is 25.1 Å². The quantitative estimate of drug-likeness (QED) is 0.454. The molecule has 0 radical (unpaired) electrons. The molecule has 8 nitrogen and oxygen atoms in total. The number of hydrazine groups is 1. The van der Waals surface area contributed by atoms with E-state index in [1.807, 2.05) is 67.6 Å². The lowest BCUT2D eigenvalue weighted by Gasteiger charge is -2.55. The fourth-order valence-electron chi connectivity index (χ4n) is 5.56. The van der Waals surface area contributed by atoms with Crippen molar-refractivity contribution in [2.24, 2.45) is 0 Å². The van der Waals surface area contributed by atoms with E-state index in [-0.39, 0.29) is 44.4 Å². The number of halogens is 3. The van der Waals surface area contributed by atoms with Crippen LogP contribution >= 0.6 is 0 Å². The van der Waals surface area contributed by atoms with Gasteiger partial charge in [0.15, 0.2) is 0 Å². The summed E-state index contributed by atoms with van der Waals surface area (Å²) >= 11 is 0. The Labute approximate surface area is 242 Å². The number of benzene rings is 3. The lowest BCUT2D eigenvalue weighted by Crippen LogP contribution is -2.76. The highest BCUT2D eigenvalue weighted by atomic mass is 19.4. The minimum Gasteiger partial charge on any atom is -0.333 e. The van der Waals surface area contributed by atoms with Gasteiger partial charge in [0, 0.05) is 26.1 Å². The molecule has 2 heterocycles. The van der Waals surface area contributed by atoms with E-state index in [0.717, 1.165) is 23.3 Å². The van der Waals surface area contributed by atoms with Crippen LogP contribution in [-0.4, -0.2) is 69.5 Å². The second kappa shape index (κ2) is 12.2. The highest BCUT2D eigenvalue weighted by molar-refractivity contribution is 5.91. The number of nitrogens with zero attached hydrogens (tertiary/aromatic N) is 4. The van der Waals surface area contributed by atoms with Crippen LogP contribution < -0.4 is 5.32 Å². The van der Waals surface area contributed by atoms with Crippen LogP contribution in [-0.2, 0) is 35.3 Å². The zero-order valence-corrected chi connectivity index (χ0v) is 23.1. The number of rotatable bonds is 7. The number of likely N-dealkylation sites (N-methyl/N-ethyl adjacent to an activating group) is 1. The zero-order valence-electron chi connectivity index (χ0n) is 23.1. The van der Waals surface area contributed by atoms with Crippen LogP contribution in [0.2, 0.25) is 0 Å². The van der Waals surface area contributed by atoms with E-state index in [2.05, 4.69) is 5.32 Å². The molecule has 4 amide bonds. The van der Waals surface area contributed by atoms with Crippen molar-refractivity contribution in [3.63, 3.8) is 0 Å². The third kappa shape index (κ3) is 6.25. The first-order valence-electron chi connectivity index (χ1n) is 13.8. The molecule has 2 atom stereocenters. The number of fused-ring (bicyclic) bond motifs is 1. The highest BCUT2D eigenvalue weighted by Gasteiger charge is 2.51. The standard InChI is InChI=1S/C31H32F3N5O3/c1-2-37-21-28(40)38-26(17-22-10-5-3-6-11-22)29(41)36(19-24-14-9-15-25(16-24)31(32,33)34)20-27(38)39(37)30(42)35-18-23-12-7-4-8-13-23/h3-16,26-27H,2,17-21H2,1H3,(H,35,42)/t26-,27-/m0/s1. The minimum atomic E-state index is -4.53. The van der Waals surface area contributed by atoms with E-state index in [9.17, 15) is 27.6 Å². The van der Waals surface area contributed by atoms with Crippen LogP contribution in [0.1, 0.15) is 29.2 Å². The topological polar surface area (TPSA) is 76.2 Å². The Morgan fingerprint density at radius 1 is 0.905 bits per heavy atom. The lowest BCUT2D eigenvalue weighted by molar-refractivity contribution is -0.190. The van der Waals surface area contributed by atoms with Gasteiger partial charge < -0.3 is 15.1 Å². The fourth-order valence-corrected chi connectivity index (χ4v) is 5.56. The molecule has 3 aromatic rings. The Morgan fingerprint density at radius 3 is 2.19 bits per heavy atom. The van der Waals surface area contributed by atoms with Gasteiger partial charge in [0.05, 0.1) is 18.7 Å². The fraction of sp³-hybridized carbons (Fsp3) is 0.323. The molecule has 11 heteroatoms. The first-order valence-corrected chi connectivity index (χ1v) is 13.8. The van der Waals surface area contributed by atoms with Gasteiger partial charge in [0.25, 0.3) is 0 Å². The summed E-state index contributed by atoms with van der Waals surface area (Å²) in [6.07, 6.45) is -5.18. The number of hydrogen-bond donors (Lipinski definition) is 1. The monoisotopic (exact) mass is 579 g/mol. The summed E-state index contributed by atoms with van der Waals surface area (Å²) in [5, 5.41) is 6.04. The Morgan fingerprint density at radius 2 is 1.55 bits per heavy atom. The smallest absolute Gasteiger partial charge is 0.333 e. The van der Waals surface area contributed by atoms with Crippen LogP contribution in [0.25, 0.3) is 0 Å². The second-order valence-corrected chi connectivity index (χ2v) is 10.4. The Hall–Kier alpha value is -4.38. The highest BCUT2D eigenvalue weighted by Crippen LogP contribution is 2.32. The molecule has 0 bridgehead atoms. The average molecular weight is 580 g/mol. The third-order valence-electron chi connectivity index (χ3n) is 7.59. The van der Waals surface area contributed by atoms with E-state index in [1.165, 1.54) is 26.9 Å². The van der Waals surface area contributed by atoms with Crippen molar-refractivity contribution in [3.8, 4) is 0 Å². The first-order chi connectivity index (χ1) is 20.2. The van der Waals surface area contributed by atoms with Gasteiger partial charge in [-0.3, -0.25) is 9.59 Å². The van der Waals surface area contributed by atoms with Crippen LogP contribution in [0, 0.1) is 0 Å². The van der Waals surface area contributed by atoms with Gasteiger partial charge in [-0.2, -0.15) is 13.2 Å². The van der Waals surface area contributed by atoms with Crippen LogP contribution in [0.4, 0.5) is 18.0 Å². The van der Waals surface area contributed by atoms with E-state index >= 15 is 0 Å². The van der Waals surface area contributed by atoms with E-state index in [1.54, 1.807) is 5.01 Å². The maximum atomic E-state index is 13.9. The SMILES string of the molecule is CCN1CC(=O)N2[C@@H](Cc3ccccc3)C(=O)N(Cc3cccc(C(F)(F)F)c3)C[C@@H]2N1C(=O)NCc1ccccc1. The van der Waals surface area contributed by atoms with Crippen molar-refractivity contribution < 1.29 is 27.6 Å². The minimum absolute atomic E-state index is 0.0542. The summed E-state index contributed by atoms with van der Waals surface area (Å²) in [7, 11) is 0. The average Bonchev–Trinajstić information content (AvgIpc) is 2.98. The van der Waals surface area contributed by atoms with E-state index in [0.29, 0.717) is 12.1 Å². The zero-order chi connectivity index (χ0) is 29.9. The van der Waals surface area contributed by atoms with E-state index in [4.69, 9.17) is 0 Å². The largest absolute Gasteiger partial charge is 0.416 e. The molecule has 2 aliphatic heterocycles. The van der Waals surface area contributed by atoms with Gasteiger partial charge in [-0.15, -0.1) is 0 Å². The number of nitrogens with one attached hydrogen (secondary N) is 1. The second-order valence-electron chi connectivity index (χ2n) is 10.4. The van der Waals surface area contributed by atoms with Gasteiger partial charge in [-0.25, -0.2) is 14.8 Å². The Kier molecular flexibility index (Phi) is 8.49. The molecule has 3 aromatic carbocycles. The number of carbonyl (C=O) groups is 3. The summed E-state index contributed by atoms with van der Waals surface area (Å²) in [6, 6.07) is 22.1. The van der Waals surface area contributed by atoms with Crippen molar-refractivity contribution in [1.29, 1.82) is 0 Å². The molecule has 220 valence electrons. The van der Waals surface area contributed by atoms with Gasteiger partial charge >= 0.3 is 12.2 Å². The summed E-state index contributed by atoms with van der Waals surface area (Å²) in [5.74, 6) is -0.669. The predicted molar refractivity (Wildman–Crippen MR) is 149 cm³/mol. The lowest BCUT2D eigenvalue weighted by atomic mass is 9.98. The molecular formula is C31H32F3N5O3. The van der Waals surface area contributed by atoms with Gasteiger partial charge in [-0.1, -0.05) is 79.7 Å². The summed E-state index contributed by atoms with van der Waals surface area (Å²) < 4.78 is 40.3. The number of hydrogen-bond acceptors (Lipinski definition) is 4.